The highest BCUT2D eigenvalue weighted by Crippen LogP contribution is 2.22. The highest BCUT2D eigenvalue weighted by atomic mass is 16.4. The number of benzene rings is 1. The number of nitrogens with zero attached hydrogens (tertiary/aromatic N) is 2. The van der Waals surface area contributed by atoms with Crippen LogP contribution >= 0.6 is 0 Å². The maximum atomic E-state index is 8.76. The van der Waals surface area contributed by atoms with E-state index in [1.807, 2.05) is 12.1 Å². The van der Waals surface area contributed by atoms with Gasteiger partial charge < -0.3 is 10.9 Å². The molecule has 1 aromatic carbocycles. The van der Waals surface area contributed by atoms with E-state index < -0.39 is 0 Å². The molecule has 21 heavy (non-hydrogen) atoms. The zero-order valence-corrected chi connectivity index (χ0v) is 13.2. The summed E-state index contributed by atoms with van der Waals surface area (Å²) in [4.78, 5) is 2.62. The van der Waals surface area contributed by atoms with Crippen molar-refractivity contribution < 1.29 is 5.21 Å². The van der Waals surface area contributed by atoms with Crippen molar-refractivity contribution in [2.45, 2.75) is 58.5 Å². The molecular formula is C17H27N3O. The quantitative estimate of drug-likeness (QED) is 0.387. The highest BCUT2D eigenvalue weighted by molar-refractivity contribution is 5.97. The minimum absolute atomic E-state index is 0.172. The molecule has 1 aliphatic heterocycles. The summed E-state index contributed by atoms with van der Waals surface area (Å²) in [6.45, 7) is 6.58. The van der Waals surface area contributed by atoms with Gasteiger partial charge in [-0.05, 0) is 49.9 Å². The molecule has 0 aromatic heterocycles. The Morgan fingerprint density at radius 3 is 2.86 bits per heavy atom. The maximum Gasteiger partial charge on any atom is 0.170 e. The van der Waals surface area contributed by atoms with Gasteiger partial charge in [0, 0.05) is 18.2 Å². The largest absolute Gasteiger partial charge is 0.409 e. The van der Waals surface area contributed by atoms with Gasteiger partial charge in [-0.25, -0.2) is 0 Å². The van der Waals surface area contributed by atoms with Crippen LogP contribution in [0.25, 0.3) is 0 Å². The van der Waals surface area contributed by atoms with Crippen molar-refractivity contribution in [3.05, 3.63) is 34.9 Å². The lowest BCUT2D eigenvalue weighted by molar-refractivity contribution is 0.186. The molecule has 0 bridgehead atoms. The van der Waals surface area contributed by atoms with Crippen molar-refractivity contribution in [1.29, 1.82) is 0 Å². The second kappa shape index (κ2) is 7.46. The molecule has 1 atom stereocenters. The van der Waals surface area contributed by atoms with Gasteiger partial charge in [0.25, 0.3) is 0 Å². The van der Waals surface area contributed by atoms with Crippen LogP contribution in [0.1, 0.15) is 55.7 Å². The topological polar surface area (TPSA) is 61.8 Å². The van der Waals surface area contributed by atoms with Crippen LogP contribution in [0.4, 0.5) is 0 Å². The van der Waals surface area contributed by atoms with Crippen molar-refractivity contribution >= 4 is 5.84 Å². The number of amidine groups is 1. The number of aryl methyl sites for hydroxylation is 1. The van der Waals surface area contributed by atoms with Gasteiger partial charge in [-0.3, -0.25) is 4.90 Å². The van der Waals surface area contributed by atoms with Crippen LogP contribution in [0.15, 0.2) is 23.4 Å². The third-order valence-electron chi connectivity index (χ3n) is 4.59. The molecule has 3 N–H and O–H groups in total. The Balaban J connectivity index is 2.14. The van der Waals surface area contributed by atoms with Crippen molar-refractivity contribution in [2.75, 3.05) is 6.54 Å². The van der Waals surface area contributed by atoms with E-state index in [1.165, 1.54) is 49.8 Å². The van der Waals surface area contributed by atoms with Gasteiger partial charge in [0.2, 0.25) is 0 Å². The van der Waals surface area contributed by atoms with E-state index in [-0.39, 0.29) is 5.84 Å². The first-order valence-corrected chi connectivity index (χ1v) is 7.97. The maximum absolute atomic E-state index is 8.76. The summed E-state index contributed by atoms with van der Waals surface area (Å²) >= 11 is 0. The molecule has 1 aliphatic rings. The molecule has 1 fully saturated rings. The Kier molecular flexibility index (Phi) is 5.62. The van der Waals surface area contributed by atoms with Crippen LogP contribution in [0.3, 0.4) is 0 Å². The van der Waals surface area contributed by atoms with Crippen molar-refractivity contribution in [3.8, 4) is 0 Å². The number of likely N-dealkylation sites (tertiary alicyclic amines) is 1. The Morgan fingerprint density at radius 2 is 2.19 bits per heavy atom. The van der Waals surface area contributed by atoms with E-state index in [4.69, 9.17) is 10.9 Å². The van der Waals surface area contributed by atoms with Crippen LogP contribution in [0.5, 0.6) is 0 Å². The Hall–Kier alpha value is -1.55. The smallest absolute Gasteiger partial charge is 0.170 e. The zero-order valence-electron chi connectivity index (χ0n) is 13.2. The van der Waals surface area contributed by atoms with Gasteiger partial charge >= 0.3 is 0 Å². The van der Waals surface area contributed by atoms with Crippen LogP contribution < -0.4 is 5.73 Å². The van der Waals surface area contributed by atoms with Gasteiger partial charge in [0.15, 0.2) is 5.84 Å². The summed E-state index contributed by atoms with van der Waals surface area (Å²) in [5.74, 6) is 0.172. The molecule has 1 saturated heterocycles. The van der Waals surface area contributed by atoms with Crippen LogP contribution in [-0.2, 0) is 6.54 Å². The van der Waals surface area contributed by atoms with Gasteiger partial charge in [0.1, 0.15) is 0 Å². The van der Waals surface area contributed by atoms with Crippen LogP contribution in [0.2, 0.25) is 0 Å². The van der Waals surface area contributed by atoms with Gasteiger partial charge in [-0.15, -0.1) is 0 Å². The van der Waals surface area contributed by atoms with E-state index in [1.54, 1.807) is 0 Å². The Bertz CT molecular complexity index is 499. The lowest BCUT2D eigenvalue weighted by Gasteiger charge is -2.29. The van der Waals surface area contributed by atoms with Crippen molar-refractivity contribution in [2.24, 2.45) is 10.9 Å². The SMILES string of the molecule is CCC1CCCCCN1Cc1ccc(/C(N)=N/O)cc1C. The molecule has 0 saturated carbocycles. The fraction of sp³-hybridized carbons (Fsp3) is 0.588. The number of rotatable bonds is 4. The average Bonchev–Trinajstić information content (AvgIpc) is 2.73. The highest BCUT2D eigenvalue weighted by Gasteiger charge is 2.20. The molecule has 0 radical (unpaired) electrons. The second-order valence-electron chi connectivity index (χ2n) is 6.01. The first-order chi connectivity index (χ1) is 10.2. The predicted octanol–water partition coefficient (Wildman–Crippen LogP) is 3.24. The van der Waals surface area contributed by atoms with E-state index in [0.29, 0.717) is 6.04 Å². The van der Waals surface area contributed by atoms with Crippen molar-refractivity contribution in [1.82, 2.24) is 4.90 Å². The minimum atomic E-state index is 0.172. The molecule has 1 unspecified atom stereocenters. The molecule has 2 rings (SSSR count). The van der Waals surface area contributed by atoms with E-state index >= 15 is 0 Å². The van der Waals surface area contributed by atoms with E-state index in [2.05, 4.69) is 30.0 Å². The number of oxime groups is 1. The van der Waals surface area contributed by atoms with E-state index in [0.717, 1.165) is 12.1 Å². The normalized spacial score (nSPS) is 21.2. The second-order valence-corrected chi connectivity index (χ2v) is 6.01. The van der Waals surface area contributed by atoms with Gasteiger partial charge in [0.05, 0.1) is 0 Å². The summed E-state index contributed by atoms with van der Waals surface area (Å²) in [5, 5.41) is 11.8. The fourth-order valence-corrected chi connectivity index (χ4v) is 3.22. The third kappa shape index (κ3) is 3.97. The summed E-state index contributed by atoms with van der Waals surface area (Å²) in [6.07, 6.45) is 6.56. The lowest BCUT2D eigenvalue weighted by atomic mass is 10.0. The van der Waals surface area contributed by atoms with E-state index in [9.17, 15) is 0 Å². The molecule has 0 amide bonds. The van der Waals surface area contributed by atoms with Gasteiger partial charge in [-0.1, -0.05) is 37.1 Å². The summed E-state index contributed by atoms with van der Waals surface area (Å²) in [7, 11) is 0. The molecular weight excluding hydrogens is 262 g/mol. The predicted molar refractivity (Wildman–Crippen MR) is 86.6 cm³/mol. The summed E-state index contributed by atoms with van der Waals surface area (Å²) in [5.41, 5.74) is 8.98. The fourth-order valence-electron chi connectivity index (χ4n) is 3.22. The molecule has 0 spiro atoms. The standard InChI is InChI=1S/C17H27N3O/c1-3-16-7-5-4-6-10-20(16)12-15-9-8-14(11-13(15)2)17(18)19-21/h8-9,11,16,21H,3-7,10,12H2,1-2H3,(H2,18,19). The molecule has 116 valence electrons. The average molecular weight is 289 g/mol. The minimum Gasteiger partial charge on any atom is -0.409 e. The first-order valence-electron chi connectivity index (χ1n) is 7.97. The number of hydrogen-bond acceptors (Lipinski definition) is 3. The molecule has 0 aliphatic carbocycles. The van der Waals surface area contributed by atoms with Gasteiger partial charge in [-0.2, -0.15) is 0 Å². The zero-order chi connectivity index (χ0) is 15.2. The molecule has 1 heterocycles. The molecule has 1 aromatic rings. The summed E-state index contributed by atoms with van der Waals surface area (Å²) < 4.78 is 0. The third-order valence-corrected chi connectivity index (χ3v) is 4.59. The Morgan fingerprint density at radius 1 is 1.38 bits per heavy atom. The number of nitrogens with two attached hydrogens (primary N) is 1. The first kappa shape index (κ1) is 15.8. The van der Waals surface area contributed by atoms with Crippen LogP contribution in [-0.4, -0.2) is 28.5 Å². The monoisotopic (exact) mass is 289 g/mol. The number of hydrogen-bond donors (Lipinski definition) is 2. The van der Waals surface area contributed by atoms with Crippen molar-refractivity contribution in [3.63, 3.8) is 0 Å². The molecule has 4 heteroatoms. The lowest BCUT2D eigenvalue weighted by Crippen LogP contribution is -2.34. The molecule has 4 nitrogen and oxygen atoms in total. The van der Waals surface area contributed by atoms with Crippen LogP contribution in [0, 0.1) is 6.92 Å². The Labute approximate surface area is 127 Å². The summed E-state index contributed by atoms with van der Waals surface area (Å²) in [6, 6.07) is 6.76.